The minimum Gasteiger partial charge on any atom is -0.495 e. The average molecular weight is 347 g/mol. The van der Waals surface area contributed by atoms with Gasteiger partial charge in [-0.05, 0) is 51.0 Å². The van der Waals surface area contributed by atoms with Crippen LogP contribution in [0.2, 0.25) is 5.02 Å². The summed E-state index contributed by atoms with van der Waals surface area (Å²) in [4.78, 5) is 12.5. The van der Waals surface area contributed by atoms with E-state index >= 15 is 0 Å². The fourth-order valence-corrected chi connectivity index (χ4v) is 2.60. The maximum Gasteiger partial charge on any atom is 0.246 e. The molecule has 0 bridgehead atoms. The summed E-state index contributed by atoms with van der Waals surface area (Å²) < 4.78 is 5.29. The van der Waals surface area contributed by atoms with Crippen molar-refractivity contribution in [1.82, 2.24) is 0 Å². The number of halogens is 1. The second-order valence-electron chi connectivity index (χ2n) is 5.98. The Bertz CT molecular complexity index is 759. The number of nitrogens with one attached hydrogen (secondary N) is 2. The van der Waals surface area contributed by atoms with Crippen LogP contribution in [0.1, 0.15) is 23.6 Å². The zero-order valence-corrected chi connectivity index (χ0v) is 15.4. The molecule has 0 aliphatic heterocycles. The normalized spacial score (nSPS) is 11.8. The van der Waals surface area contributed by atoms with Crippen molar-refractivity contribution in [3.63, 3.8) is 0 Å². The Hall–Kier alpha value is -2.20. The summed E-state index contributed by atoms with van der Waals surface area (Å²) in [6.45, 7) is 7.77. The molecule has 0 heterocycles. The van der Waals surface area contributed by atoms with Crippen LogP contribution in [0.3, 0.4) is 0 Å². The van der Waals surface area contributed by atoms with Crippen molar-refractivity contribution in [2.45, 2.75) is 33.7 Å². The summed E-state index contributed by atoms with van der Waals surface area (Å²) in [5, 5.41) is 6.74. The van der Waals surface area contributed by atoms with Gasteiger partial charge in [-0.15, -0.1) is 0 Å². The first kappa shape index (κ1) is 18.1. The zero-order valence-electron chi connectivity index (χ0n) is 14.7. The average Bonchev–Trinajstić information content (AvgIpc) is 2.53. The number of benzene rings is 2. The lowest BCUT2D eigenvalue weighted by atomic mass is 10.1. The van der Waals surface area contributed by atoms with Crippen molar-refractivity contribution >= 4 is 28.9 Å². The molecular formula is C19H23ClN2O2. The second-order valence-corrected chi connectivity index (χ2v) is 6.38. The van der Waals surface area contributed by atoms with Crippen molar-refractivity contribution in [2.75, 3.05) is 17.7 Å². The van der Waals surface area contributed by atoms with Gasteiger partial charge in [0.25, 0.3) is 0 Å². The number of hydrogen-bond donors (Lipinski definition) is 2. The van der Waals surface area contributed by atoms with Crippen molar-refractivity contribution < 1.29 is 9.53 Å². The first-order valence-electron chi connectivity index (χ1n) is 7.80. The van der Waals surface area contributed by atoms with Crippen LogP contribution in [0.5, 0.6) is 5.75 Å². The van der Waals surface area contributed by atoms with Gasteiger partial charge in [0.2, 0.25) is 5.91 Å². The summed E-state index contributed by atoms with van der Waals surface area (Å²) in [5.74, 6) is 0.396. The molecular weight excluding hydrogens is 324 g/mol. The highest BCUT2D eigenvalue weighted by Gasteiger charge is 2.16. The van der Waals surface area contributed by atoms with E-state index in [1.807, 2.05) is 45.9 Å². The number of ether oxygens (including phenoxy) is 1. The van der Waals surface area contributed by atoms with Gasteiger partial charge in [-0.3, -0.25) is 4.79 Å². The predicted octanol–water partition coefficient (Wildman–Crippen LogP) is 4.71. The molecule has 2 aromatic rings. The zero-order chi connectivity index (χ0) is 17.9. The van der Waals surface area contributed by atoms with Crippen LogP contribution in [-0.2, 0) is 4.79 Å². The van der Waals surface area contributed by atoms with Crippen molar-refractivity contribution in [3.05, 3.63) is 52.0 Å². The number of carbonyl (C=O) groups excluding carboxylic acids is 1. The fraction of sp³-hybridized carbons (Fsp3) is 0.316. The Kier molecular flexibility index (Phi) is 5.73. The van der Waals surface area contributed by atoms with E-state index in [0.29, 0.717) is 16.5 Å². The molecule has 1 atom stereocenters. The minimum atomic E-state index is -0.396. The second kappa shape index (κ2) is 7.58. The third kappa shape index (κ3) is 4.20. The lowest BCUT2D eigenvalue weighted by Crippen LogP contribution is -2.32. The first-order chi connectivity index (χ1) is 11.3. The Labute approximate surface area is 148 Å². The van der Waals surface area contributed by atoms with Crippen LogP contribution >= 0.6 is 11.6 Å². The number of anilines is 2. The summed E-state index contributed by atoms with van der Waals surface area (Å²) in [5.41, 5.74) is 4.73. The number of rotatable bonds is 5. The molecule has 128 valence electrons. The van der Waals surface area contributed by atoms with Gasteiger partial charge < -0.3 is 15.4 Å². The minimum absolute atomic E-state index is 0.144. The van der Waals surface area contributed by atoms with Gasteiger partial charge >= 0.3 is 0 Å². The summed E-state index contributed by atoms with van der Waals surface area (Å²) >= 11 is 6.10. The van der Waals surface area contributed by atoms with E-state index in [2.05, 4.69) is 16.7 Å². The van der Waals surface area contributed by atoms with Crippen LogP contribution < -0.4 is 15.4 Å². The van der Waals surface area contributed by atoms with Gasteiger partial charge in [-0.2, -0.15) is 0 Å². The highest BCUT2D eigenvalue weighted by molar-refractivity contribution is 6.31. The number of carbonyl (C=O) groups is 1. The monoisotopic (exact) mass is 346 g/mol. The molecule has 0 spiro atoms. The van der Waals surface area contributed by atoms with Crippen LogP contribution in [0.25, 0.3) is 0 Å². The molecule has 4 nitrogen and oxygen atoms in total. The third-order valence-corrected chi connectivity index (χ3v) is 4.29. The van der Waals surface area contributed by atoms with Crippen LogP contribution in [0.4, 0.5) is 11.4 Å². The van der Waals surface area contributed by atoms with Crippen LogP contribution in [0, 0.1) is 20.8 Å². The molecule has 5 heteroatoms. The molecule has 24 heavy (non-hydrogen) atoms. The van der Waals surface area contributed by atoms with Gasteiger partial charge in [0, 0.05) is 16.8 Å². The first-order valence-corrected chi connectivity index (χ1v) is 8.18. The number of methoxy groups -OCH3 is 1. The maximum absolute atomic E-state index is 12.5. The van der Waals surface area contributed by atoms with E-state index in [-0.39, 0.29) is 5.91 Å². The van der Waals surface area contributed by atoms with Gasteiger partial charge in [0.05, 0.1) is 12.8 Å². The van der Waals surface area contributed by atoms with E-state index in [0.717, 1.165) is 16.8 Å². The quantitative estimate of drug-likeness (QED) is 0.824. The molecule has 0 saturated heterocycles. The fourth-order valence-electron chi connectivity index (χ4n) is 2.45. The van der Waals surface area contributed by atoms with E-state index in [9.17, 15) is 4.79 Å². The van der Waals surface area contributed by atoms with Gasteiger partial charge in [-0.1, -0.05) is 29.3 Å². The lowest BCUT2D eigenvalue weighted by Gasteiger charge is -2.18. The molecule has 2 rings (SSSR count). The van der Waals surface area contributed by atoms with E-state index in [1.54, 1.807) is 13.2 Å². The SMILES string of the molecule is COc1cc(Cl)c(C)cc1NC(=O)[C@H](C)Nc1ccc(C)cc1C. The van der Waals surface area contributed by atoms with E-state index < -0.39 is 6.04 Å². The summed E-state index contributed by atoms with van der Waals surface area (Å²) in [7, 11) is 1.55. The van der Waals surface area contributed by atoms with Crippen molar-refractivity contribution in [2.24, 2.45) is 0 Å². The molecule has 0 unspecified atom stereocenters. The molecule has 0 radical (unpaired) electrons. The predicted molar refractivity (Wildman–Crippen MR) is 100 cm³/mol. The number of amides is 1. The van der Waals surface area contributed by atoms with E-state index in [4.69, 9.17) is 16.3 Å². The Morgan fingerprint density at radius 1 is 1.08 bits per heavy atom. The molecule has 2 aromatic carbocycles. The molecule has 0 aliphatic rings. The largest absolute Gasteiger partial charge is 0.495 e. The van der Waals surface area contributed by atoms with Crippen molar-refractivity contribution in [1.29, 1.82) is 0 Å². The smallest absolute Gasteiger partial charge is 0.246 e. The number of aryl methyl sites for hydroxylation is 3. The molecule has 0 fully saturated rings. The highest BCUT2D eigenvalue weighted by Crippen LogP contribution is 2.31. The third-order valence-electron chi connectivity index (χ3n) is 3.89. The lowest BCUT2D eigenvalue weighted by molar-refractivity contribution is -0.116. The summed E-state index contributed by atoms with van der Waals surface area (Å²) in [6.07, 6.45) is 0. The Morgan fingerprint density at radius 2 is 1.79 bits per heavy atom. The van der Waals surface area contributed by atoms with Gasteiger partial charge in [0.1, 0.15) is 11.8 Å². The Morgan fingerprint density at radius 3 is 2.42 bits per heavy atom. The van der Waals surface area contributed by atoms with Crippen LogP contribution in [-0.4, -0.2) is 19.1 Å². The van der Waals surface area contributed by atoms with E-state index in [1.165, 1.54) is 5.56 Å². The van der Waals surface area contributed by atoms with Gasteiger partial charge in [0.15, 0.2) is 0 Å². The highest BCUT2D eigenvalue weighted by atomic mass is 35.5. The standard InChI is InChI=1S/C19H23ClN2O2/c1-11-6-7-16(13(3)8-11)21-14(4)19(23)22-17-9-12(2)15(20)10-18(17)24-5/h6-10,14,21H,1-5H3,(H,22,23)/t14-/m0/s1. The van der Waals surface area contributed by atoms with Crippen molar-refractivity contribution in [3.8, 4) is 5.75 Å². The molecule has 1 amide bonds. The number of hydrogen-bond acceptors (Lipinski definition) is 3. The molecule has 2 N–H and O–H groups in total. The van der Waals surface area contributed by atoms with Crippen LogP contribution in [0.15, 0.2) is 30.3 Å². The molecule has 0 aromatic heterocycles. The Balaban J connectivity index is 2.13. The van der Waals surface area contributed by atoms with Gasteiger partial charge in [-0.25, -0.2) is 0 Å². The molecule has 0 saturated carbocycles. The topological polar surface area (TPSA) is 50.4 Å². The summed E-state index contributed by atoms with van der Waals surface area (Å²) in [6, 6.07) is 9.20. The maximum atomic E-state index is 12.5. The molecule has 0 aliphatic carbocycles.